The van der Waals surface area contributed by atoms with Crippen molar-refractivity contribution in [1.82, 2.24) is 9.78 Å². The monoisotopic (exact) mass is 249 g/mol. The van der Waals surface area contributed by atoms with Crippen LogP contribution in [0.2, 0.25) is 0 Å². The quantitative estimate of drug-likeness (QED) is 0.862. The van der Waals surface area contributed by atoms with E-state index in [-0.39, 0.29) is 5.41 Å². The third-order valence-electron chi connectivity index (χ3n) is 4.52. The number of hydrogen-bond acceptors (Lipinski definition) is 3. The van der Waals surface area contributed by atoms with Crippen molar-refractivity contribution in [1.29, 1.82) is 0 Å². The van der Waals surface area contributed by atoms with Crippen molar-refractivity contribution in [2.75, 3.05) is 13.2 Å². The average molecular weight is 249 g/mol. The molecule has 2 fully saturated rings. The van der Waals surface area contributed by atoms with Crippen molar-refractivity contribution in [2.45, 2.75) is 45.3 Å². The SMILES string of the molecule is CCn1cc(CC2(CN)CCOC2C2CC2)cn1. The molecule has 1 aromatic heterocycles. The molecule has 1 aliphatic carbocycles. The van der Waals surface area contributed by atoms with Crippen molar-refractivity contribution in [3.8, 4) is 0 Å². The molecule has 1 aliphatic heterocycles. The van der Waals surface area contributed by atoms with Gasteiger partial charge >= 0.3 is 0 Å². The van der Waals surface area contributed by atoms with E-state index in [9.17, 15) is 0 Å². The molecular formula is C14H23N3O. The maximum absolute atomic E-state index is 6.10. The second-order valence-electron chi connectivity index (χ2n) is 5.83. The summed E-state index contributed by atoms with van der Waals surface area (Å²) in [7, 11) is 0. The number of hydrogen-bond donors (Lipinski definition) is 1. The number of rotatable bonds is 5. The summed E-state index contributed by atoms with van der Waals surface area (Å²) < 4.78 is 7.97. The second kappa shape index (κ2) is 4.67. The van der Waals surface area contributed by atoms with E-state index >= 15 is 0 Å². The predicted octanol–water partition coefficient (Wildman–Crippen LogP) is 1.59. The van der Waals surface area contributed by atoms with Crippen LogP contribution in [0.1, 0.15) is 31.7 Å². The molecule has 4 nitrogen and oxygen atoms in total. The molecule has 2 unspecified atom stereocenters. The van der Waals surface area contributed by atoms with E-state index < -0.39 is 0 Å². The summed E-state index contributed by atoms with van der Waals surface area (Å²) in [4.78, 5) is 0. The molecule has 2 N–H and O–H groups in total. The Morgan fingerprint density at radius 1 is 1.56 bits per heavy atom. The first-order valence-corrected chi connectivity index (χ1v) is 7.10. The van der Waals surface area contributed by atoms with Gasteiger partial charge in [0.15, 0.2) is 0 Å². The molecule has 18 heavy (non-hydrogen) atoms. The third kappa shape index (κ3) is 2.08. The Hall–Kier alpha value is -0.870. The van der Waals surface area contributed by atoms with Crippen LogP contribution in [0.5, 0.6) is 0 Å². The Morgan fingerprint density at radius 2 is 2.39 bits per heavy atom. The summed E-state index contributed by atoms with van der Waals surface area (Å²) in [5.41, 5.74) is 7.56. The number of nitrogens with zero attached hydrogens (tertiary/aromatic N) is 2. The zero-order valence-corrected chi connectivity index (χ0v) is 11.1. The van der Waals surface area contributed by atoms with Crippen LogP contribution in [0.25, 0.3) is 0 Å². The predicted molar refractivity (Wildman–Crippen MR) is 70.2 cm³/mol. The Balaban J connectivity index is 1.78. The van der Waals surface area contributed by atoms with E-state index in [1.54, 1.807) is 0 Å². The molecule has 100 valence electrons. The number of ether oxygens (including phenoxy) is 1. The van der Waals surface area contributed by atoms with Gasteiger partial charge in [0, 0.05) is 31.3 Å². The fraction of sp³-hybridized carbons (Fsp3) is 0.786. The summed E-state index contributed by atoms with van der Waals surface area (Å²) in [5, 5.41) is 4.36. The molecule has 0 aromatic carbocycles. The summed E-state index contributed by atoms with van der Waals surface area (Å²) in [6.45, 7) is 4.64. The van der Waals surface area contributed by atoms with Crippen LogP contribution >= 0.6 is 0 Å². The maximum atomic E-state index is 6.10. The van der Waals surface area contributed by atoms with Gasteiger partial charge in [0.1, 0.15) is 0 Å². The Kier molecular flexibility index (Phi) is 3.16. The fourth-order valence-corrected chi connectivity index (χ4v) is 3.30. The number of nitrogens with two attached hydrogens (primary N) is 1. The molecular weight excluding hydrogens is 226 g/mol. The first-order chi connectivity index (χ1) is 8.77. The number of aromatic nitrogens is 2. The van der Waals surface area contributed by atoms with Crippen molar-refractivity contribution < 1.29 is 4.74 Å². The maximum Gasteiger partial charge on any atom is 0.0675 e. The van der Waals surface area contributed by atoms with Gasteiger partial charge in [0.2, 0.25) is 0 Å². The van der Waals surface area contributed by atoms with Gasteiger partial charge in [-0.05, 0) is 44.1 Å². The van der Waals surface area contributed by atoms with Crippen LogP contribution < -0.4 is 5.73 Å². The van der Waals surface area contributed by atoms with Crippen LogP contribution in [0.3, 0.4) is 0 Å². The molecule has 3 rings (SSSR count). The van der Waals surface area contributed by atoms with Crippen molar-refractivity contribution >= 4 is 0 Å². The van der Waals surface area contributed by atoms with Crippen molar-refractivity contribution in [3.05, 3.63) is 18.0 Å². The molecule has 2 atom stereocenters. The van der Waals surface area contributed by atoms with E-state index in [4.69, 9.17) is 10.5 Å². The lowest BCUT2D eigenvalue weighted by molar-refractivity contribution is 0.0345. The highest BCUT2D eigenvalue weighted by Crippen LogP contribution is 2.48. The first kappa shape index (κ1) is 12.2. The summed E-state index contributed by atoms with van der Waals surface area (Å²) in [5.74, 6) is 0.761. The molecule has 0 spiro atoms. The highest BCUT2D eigenvalue weighted by atomic mass is 16.5. The van der Waals surface area contributed by atoms with Gasteiger partial charge in [-0.15, -0.1) is 0 Å². The standard InChI is InChI=1S/C14H23N3O/c1-2-17-9-11(8-16-17)7-14(10-15)5-6-18-13(14)12-3-4-12/h8-9,12-13H,2-7,10,15H2,1H3. The highest BCUT2D eigenvalue weighted by molar-refractivity contribution is 5.12. The molecule has 1 saturated carbocycles. The van der Waals surface area contributed by atoms with Crippen molar-refractivity contribution in [2.24, 2.45) is 17.1 Å². The van der Waals surface area contributed by atoms with E-state index in [1.807, 2.05) is 10.9 Å². The minimum atomic E-state index is 0.156. The summed E-state index contributed by atoms with van der Waals surface area (Å²) in [6, 6.07) is 0. The molecule has 1 saturated heterocycles. The van der Waals surface area contributed by atoms with Crippen LogP contribution in [0.15, 0.2) is 12.4 Å². The van der Waals surface area contributed by atoms with Gasteiger partial charge in [-0.25, -0.2) is 0 Å². The lowest BCUT2D eigenvalue weighted by Crippen LogP contribution is -2.41. The Bertz CT molecular complexity index is 413. The van der Waals surface area contributed by atoms with Gasteiger partial charge in [-0.3, -0.25) is 4.68 Å². The van der Waals surface area contributed by atoms with E-state index in [1.165, 1.54) is 18.4 Å². The van der Waals surface area contributed by atoms with Gasteiger partial charge < -0.3 is 10.5 Å². The molecule has 0 amide bonds. The van der Waals surface area contributed by atoms with E-state index in [0.29, 0.717) is 6.10 Å². The fourth-order valence-electron chi connectivity index (χ4n) is 3.30. The van der Waals surface area contributed by atoms with Gasteiger partial charge in [0.25, 0.3) is 0 Å². The Labute approximate surface area is 108 Å². The molecule has 2 aliphatic rings. The molecule has 0 radical (unpaired) electrons. The molecule has 4 heteroatoms. The minimum absolute atomic E-state index is 0.156. The highest BCUT2D eigenvalue weighted by Gasteiger charge is 2.50. The van der Waals surface area contributed by atoms with Crippen LogP contribution in [0, 0.1) is 11.3 Å². The lowest BCUT2D eigenvalue weighted by Gasteiger charge is -2.32. The van der Waals surface area contributed by atoms with E-state index in [2.05, 4.69) is 18.2 Å². The molecule has 1 aromatic rings. The lowest BCUT2D eigenvalue weighted by atomic mass is 9.74. The first-order valence-electron chi connectivity index (χ1n) is 7.10. The van der Waals surface area contributed by atoms with Gasteiger partial charge in [0.05, 0.1) is 12.3 Å². The topological polar surface area (TPSA) is 53.1 Å². The smallest absolute Gasteiger partial charge is 0.0675 e. The molecule has 0 bridgehead atoms. The van der Waals surface area contributed by atoms with E-state index in [0.717, 1.165) is 38.5 Å². The Morgan fingerprint density at radius 3 is 3.00 bits per heavy atom. The summed E-state index contributed by atoms with van der Waals surface area (Å²) in [6.07, 6.45) is 9.28. The second-order valence-corrected chi connectivity index (χ2v) is 5.83. The van der Waals surface area contributed by atoms with Gasteiger partial charge in [-0.1, -0.05) is 0 Å². The van der Waals surface area contributed by atoms with Crippen LogP contribution in [0.4, 0.5) is 0 Å². The third-order valence-corrected chi connectivity index (χ3v) is 4.52. The van der Waals surface area contributed by atoms with Crippen LogP contribution in [-0.4, -0.2) is 29.0 Å². The largest absolute Gasteiger partial charge is 0.377 e. The van der Waals surface area contributed by atoms with Gasteiger partial charge in [-0.2, -0.15) is 5.10 Å². The van der Waals surface area contributed by atoms with Crippen LogP contribution in [-0.2, 0) is 17.7 Å². The number of aryl methyl sites for hydroxylation is 1. The minimum Gasteiger partial charge on any atom is -0.377 e. The average Bonchev–Trinajstić information content (AvgIpc) is 2.99. The zero-order valence-electron chi connectivity index (χ0n) is 11.1. The zero-order chi connectivity index (χ0) is 12.6. The summed E-state index contributed by atoms with van der Waals surface area (Å²) >= 11 is 0. The normalized spacial score (nSPS) is 32.0. The molecule has 2 heterocycles. The van der Waals surface area contributed by atoms with Crippen molar-refractivity contribution in [3.63, 3.8) is 0 Å².